The SMILES string of the molecule is Cc1ccc(-c2ccc(/C=C/C(=O)NC(=S)Nc3ccc4oc(-c5ccc(Br)cc5)nc4c3)o2)cc1Cl. The van der Waals surface area contributed by atoms with Gasteiger partial charge in [-0.05, 0) is 91.4 Å². The van der Waals surface area contributed by atoms with Crippen LogP contribution in [0.3, 0.4) is 0 Å². The second-order valence-electron chi connectivity index (χ2n) is 8.15. The molecule has 0 atom stereocenters. The van der Waals surface area contributed by atoms with Crippen LogP contribution in [0.4, 0.5) is 5.69 Å². The molecular weight excluding hydrogens is 574 g/mol. The predicted molar refractivity (Wildman–Crippen MR) is 154 cm³/mol. The Kier molecular flexibility index (Phi) is 7.23. The van der Waals surface area contributed by atoms with E-state index >= 15 is 0 Å². The highest BCUT2D eigenvalue weighted by Crippen LogP contribution is 2.28. The number of nitrogens with one attached hydrogen (secondary N) is 2. The van der Waals surface area contributed by atoms with E-state index in [1.807, 2.05) is 55.5 Å². The molecule has 37 heavy (non-hydrogen) atoms. The molecule has 0 saturated heterocycles. The third-order valence-electron chi connectivity index (χ3n) is 5.46. The number of aromatic nitrogens is 1. The topological polar surface area (TPSA) is 80.3 Å². The van der Waals surface area contributed by atoms with Crippen molar-refractivity contribution in [2.75, 3.05) is 5.32 Å². The minimum Gasteiger partial charge on any atom is -0.457 e. The summed E-state index contributed by atoms with van der Waals surface area (Å²) in [6.07, 6.45) is 2.92. The molecule has 2 heterocycles. The van der Waals surface area contributed by atoms with Crippen LogP contribution >= 0.6 is 39.7 Å². The van der Waals surface area contributed by atoms with Crippen molar-refractivity contribution >= 4 is 73.6 Å². The van der Waals surface area contributed by atoms with E-state index in [9.17, 15) is 4.79 Å². The molecule has 1 amide bonds. The van der Waals surface area contributed by atoms with Gasteiger partial charge in [0.25, 0.3) is 0 Å². The van der Waals surface area contributed by atoms with Gasteiger partial charge < -0.3 is 14.2 Å². The number of amides is 1. The molecule has 0 aliphatic rings. The summed E-state index contributed by atoms with van der Waals surface area (Å²) in [5.74, 6) is 1.31. The summed E-state index contributed by atoms with van der Waals surface area (Å²) < 4.78 is 12.6. The number of oxazole rings is 1. The Bertz CT molecular complexity index is 1660. The van der Waals surface area contributed by atoms with Crippen molar-refractivity contribution in [3.8, 4) is 22.8 Å². The van der Waals surface area contributed by atoms with Gasteiger partial charge in [-0.2, -0.15) is 0 Å². The first kappa shape index (κ1) is 25.0. The Labute approximate surface area is 231 Å². The van der Waals surface area contributed by atoms with E-state index in [4.69, 9.17) is 32.7 Å². The fourth-order valence-electron chi connectivity index (χ4n) is 3.54. The van der Waals surface area contributed by atoms with E-state index in [2.05, 4.69) is 31.5 Å². The standard InChI is InChI=1S/C28H19BrClN3O3S/c1-16-2-3-18(14-22(16)30)24-12-9-21(35-24)10-13-26(34)33-28(37)31-20-8-11-25-23(15-20)32-27(36-25)17-4-6-19(29)7-5-17/h2-15H,1H3,(H2,31,33,34,37)/b13-10+. The fourth-order valence-corrected chi connectivity index (χ4v) is 4.20. The van der Waals surface area contributed by atoms with Crippen LogP contribution in [0.5, 0.6) is 0 Å². The lowest BCUT2D eigenvalue weighted by Crippen LogP contribution is -2.32. The monoisotopic (exact) mass is 591 g/mol. The van der Waals surface area contributed by atoms with Gasteiger partial charge >= 0.3 is 0 Å². The van der Waals surface area contributed by atoms with Crippen molar-refractivity contribution in [3.05, 3.63) is 99.7 Å². The summed E-state index contributed by atoms with van der Waals surface area (Å²) in [5.41, 5.74) is 4.70. The highest BCUT2D eigenvalue weighted by molar-refractivity contribution is 9.10. The average Bonchev–Trinajstić information content (AvgIpc) is 3.52. The molecule has 184 valence electrons. The second kappa shape index (κ2) is 10.7. The van der Waals surface area contributed by atoms with Crippen molar-refractivity contribution in [1.29, 1.82) is 0 Å². The number of rotatable bonds is 5. The number of benzene rings is 3. The highest BCUT2D eigenvalue weighted by Gasteiger charge is 2.10. The quantitative estimate of drug-likeness (QED) is 0.159. The third kappa shape index (κ3) is 5.99. The number of thiocarbonyl (C=S) groups is 1. The molecule has 0 aliphatic carbocycles. The summed E-state index contributed by atoms with van der Waals surface area (Å²) in [6.45, 7) is 1.94. The number of carbonyl (C=O) groups is 1. The number of nitrogens with zero attached hydrogens (tertiary/aromatic N) is 1. The Balaban J connectivity index is 1.20. The van der Waals surface area contributed by atoms with Crippen molar-refractivity contribution in [2.24, 2.45) is 0 Å². The molecule has 6 nitrogen and oxygen atoms in total. The molecular formula is C28H19BrClN3O3S. The van der Waals surface area contributed by atoms with Gasteiger partial charge in [-0.3, -0.25) is 10.1 Å². The van der Waals surface area contributed by atoms with E-state index in [1.54, 1.807) is 30.3 Å². The van der Waals surface area contributed by atoms with Crippen molar-refractivity contribution in [2.45, 2.75) is 6.92 Å². The van der Waals surface area contributed by atoms with Crippen LogP contribution in [0.15, 0.2) is 92.2 Å². The summed E-state index contributed by atoms with van der Waals surface area (Å²) in [4.78, 5) is 16.9. The van der Waals surface area contributed by atoms with E-state index in [0.717, 1.165) is 21.2 Å². The van der Waals surface area contributed by atoms with Gasteiger partial charge in [-0.25, -0.2) is 4.98 Å². The Morgan fingerprint density at radius 3 is 2.57 bits per heavy atom. The molecule has 2 N–H and O–H groups in total. The zero-order valence-electron chi connectivity index (χ0n) is 19.4. The molecule has 0 spiro atoms. The van der Waals surface area contributed by atoms with Crippen molar-refractivity contribution in [3.63, 3.8) is 0 Å². The molecule has 0 radical (unpaired) electrons. The smallest absolute Gasteiger partial charge is 0.250 e. The van der Waals surface area contributed by atoms with Crippen LogP contribution in [-0.2, 0) is 4.79 Å². The summed E-state index contributed by atoms with van der Waals surface area (Å²) in [6, 6.07) is 22.4. The third-order valence-corrected chi connectivity index (χ3v) is 6.60. The maximum atomic E-state index is 12.4. The zero-order chi connectivity index (χ0) is 25.9. The molecule has 0 aliphatic heterocycles. The van der Waals surface area contributed by atoms with Crippen LogP contribution < -0.4 is 10.6 Å². The fraction of sp³-hybridized carbons (Fsp3) is 0.0357. The van der Waals surface area contributed by atoms with Crippen LogP contribution in [0.1, 0.15) is 11.3 Å². The molecule has 5 rings (SSSR count). The first-order chi connectivity index (χ1) is 17.8. The number of anilines is 1. The Morgan fingerprint density at radius 2 is 1.78 bits per heavy atom. The summed E-state index contributed by atoms with van der Waals surface area (Å²) in [7, 11) is 0. The summed E-state index contributed by atoms with van der Waals surface area (Å²) >= 11 is 14.9. The molecule has 0 fully saturated rings. The lowest BCUT2D eigenvalue weighted by molar-refractivity contribution is -0.115. The maximum Gasteiger partial charge on any atom is 0.250 e. The second-order valence-corrected chi connectivity index (χ2v) is 9.88. The zero-order valence-corrected chi connectivity index (χ0v) is 22.6. The number of hydrogen-bond acceptors (Lipinski definition) is 5. The van der Waals surface area contributed by atoms with Crippen molar-refractivity contribution < 1.29 is 13.6 Å². The summed E-state index contributed by atoms with van der Waals surface area (Å²) in [5, 5.41) is 6.44. The first-order valence-corrected chi connectivity index (χ1v) is 12.7. The van der Waals surface area contributed by atoms with E-state index < -0.39 is 5.91 Å². The molecule has 3 aromatic carbocycles. The molecule has 0 bridgehead atoms. The first-order valence-electron chi connectivity index (χ1n) is 11.2. The van der Waals surface area contributed by atoms with Crippen LogP contribution in [0, 0.1) is 6.92 Å². The molecule has 5 aromatic rings. The van der Waals surface area contributed by atoms with Crippen molar-refractivity contribution in [1.82, 2.24) is 10.3 Å². The molecule has 0 unspecified atom stereocenters. The number of furan rings is 1. The number of aryl methyl sites for hydroxylation is 1. The van der Waals surface area contributed by atoms with Gasteiger partial charge in [0.05, 0.1) is 0 Å². The van der Waals surface area contributed by atoms with E-state index in [1.165, 1.54) is 6.08 Å². The van der Waals surface area contributed by atoms with Gasteiger partial charge in [0.15, 0.2) is 10.7 Å². The predicted octanol–water partition coefficient (Wildman–Crippen LogP) is 8.01. The largest absolute Gasteiger partial charge is 0.457 e. The Hall–Kier alpha value is -3.72. The van der Waals surface area contributed by atoms with E-state index in [-0.39, 0.29) is 5.11 Å². The minimum absolute atomic E-state index is 0.153. The molecule has 2 aromatic heterocycles. The Morgan fingerprint density at radius 1 is 1.00 bits per heavy atom. The lowest BCUT2D eigenvalue weighted by atomic mass is 10.1. The minimum atomic E-state index is -0.395. The number of halogens is 2. The van der Waals surface area contributed by atoms with Gasteiger partial charge in [0, 0.05) is 32.4 Å². The van der Waals surface area contributed by atoms with Gasteiger partial charge in [0.2, 0.25) is 11.8 Å². The van der Waals surface area contributed by atoms with E-state index in [0.29, 0.717) is 39.2 Å². The number of hydrogen-bond donors (Lipinski definition) is 2. The average molecular weight is 593 g/mol. The highest BCUT2D eigenvalue weighted by atomic mass is 79.9. The number of carbonyl (C=O) groups excluding carboxylic acids is 1. The van der Waals surface area contributed by atoms with Crippen LogP contribution in [0.25, 0.3) is 40.0 Å². The van der Waals surface area contributed by atoms with Crippen LogP contribution in [-0.4, -0.2) is 16.0 Å². The maximum absolute atomic E-state index is 12.4. The van der Waals surface area contributed by atoms with Crippen LogP contribution in [0.2, 0.25) is 5.02 Å². The molecule has 9 heteroatoms. The van der Waals surface area contributed by atoms with Gasteiger partial charge in [-0.1, -0.05) is 39.7 Å². The lowest BCUT2D eigenvalue weighted by Gasteiger charge is -2.07. The molecule has 0 saturated carbocycles. The normalized spacial score (nSPS) is 11.2. The van der Waals surface area contributed by atoms with Gasteiger partial charge in [0.1, 0.15) is 17.0 Å². The van der Waals surface area contributed by atoms with Gasteiger partial charge in [-0.15, -0.1) is 0 Å². The number of fused-ring (bicyclic) bond motifs is 1.